The van der Waals surface area contributed by atoms with Gasteiger partial charge in [-0.1, -0.05) is 68.3 Å². The van der Waals surface area contributed by atoms with E-state index in [9.17, 15) is 0 Å². The molecule has 2 heteroatoms. The van der Waals surface area contributed by atoms with E-state index in [1.165, 1.54) is 22.3 Å². The molecule has 0 atom stereocenters. The van der Waals surface area contributed by atoms with Crippen LogP contribution in [-0.2, 0) is 0 Å². The molecule has 0 bridgehead atoms. The molecule has 1 nitrogen and oxygen atoms in total. The van der Waals surface area contributed by atoms with E-state index in [2.05, 4.69) is 105 Å². The van der Waals surface area contributed by atoms with E-state index >= 15 is 0 Å². The number of hydrogen-bond acceptors (Lipinski definition) is 1. The molecule has 0 fully saturated rings. The van der Waals surface area contributed by atoms with Gasteiger partial charge in [-0.05, 0) is 61.5 Å². The highest BCUT2D eigenvalue weighted by Gasteiger charge is 2.19. The first kappa shape index (κ1) is 17.0. The molecule has 3 rings (SSSR count). The van der Waals surface area contributed by atoms with Crippen molar-refractivity contribution in [3.8, 4) is 22.3 Å². The minimum atomic E-state index is -0.404. The third-order valence-corrected chi connectivity index (χ3v) is 6.81. The first-order valence-corrected chi connectivity index (χ1v) is 10.1. The van der Waals surface area contributed by atoms with E-state index in [0.717, 1.165) is 0 Å². The lowest BCUT2D eigenvalue weighted by Gasteiger charge is -2.30. The second-order valence-corrected chi connectivity index (χ2v) is 8.50. The lowest BCUT2D eigenvalue weighted by Crippen LogP contribution is -2.34. The summed E-state index contributed by atoms with van der Waals surface area (Å²) in [5.41, 5.74) is 5.37. The van der Waals surface area contributed by atoms with E-state index in [0.29, 0.717) is 12.1 Å². The topological polar surface area (TPSA) is 3.24 Å². The summed E-state index contributed by atoms with van der Waals surface area (Å²) in [4.78, 5) is 0. The van der Waals surface area contributed by atoms with Crippen molar-refractivity contribution in [1.29, 1.82) is 0 Å². The van der Waals surface area contributed by atoms with Crippen molar-refractivity contribution in [1.82, 2.24) is 0 Å². The maximum Gasteiger partial charge on any atom is 0.0123 e. The second-order valence-electron chi connectivity index (χ2n) is 6.77. The van der Waals surface area contributed by atoms with Crippen LogP contribution in [0.1, 0.15) is 27.7 Å². The molecule has 0 saturated carbocycles. The van der Waals surface area contributed by atoms with Crippen LogP contribution in [-0.4, -0.2) is 12.1 Å². The Balaban J connectivity index is 2.16. The Kier molecular flexibility index (Phi) is 5.23. The molecule has 0 aliphatic rings. The minimum absolute atomic E-state index is 0.404. The Hall–Kier alpha value is -1.82. The molecule has 24 heavy (non-hydrogen) atoms. The van der Waals surface area contributed by atoms with Crippen molar-refractivity contribution in [2.45, 2.75) is 39.8 Å². The van der Waals surface area contributed by atoms with E-state index < -0.39 is 7.68 Å². The smallest absolute Gasteiger partial charge is 0.0123 e. The van der Waals surface area contributed by atoms with Gasteiger partial charge in [-0.3, -0.25) is 4.67 Å². The summed E-state index contributed by atoms with van der Waals surface area (Å²) < 4.78 is 2.63. The average molecular weight is 335 g/mol. The highest BCUT2D eigenvalue weighted by Crippen LogP contribution is 2.46. The van der Waals surface area contributed by atoms with Crippen LogP contribution in [0.2, 0.25) is 0 Å². The molecule has 1 aromatic heterocycles. The van der Waals surface area contributed by atoms with Crippen molar-refractivity contribution in [3.05, 3.63) is 72.3 Å². The van der Waals surface area contributed by atoms with E-state index in [1.54, 1.807) is 0 Å². The summed E-state index contributed by atoms with van der Waals surface area (Å²) in [6.07, 6.45) is 0. The number of nitrogens with zero attached hydrogens (tertiary/aromatic N) is 1. The Labute approximate surface area is 147 Å². The van der Waals surface area contributed by atoms with Crippen LogP contribution in [0.3, 0.4) is 0 Å². The lowest BCUT2D eigenvalue weighted by molar-refractivity contribution is 0.651. The fraction of sp³-hybridized carbons (Fsp3) is 0.273. The number of rotatable bonds is 5. The van der Waals surface area contributed by atoms with E-state index in [4.69, 9.17) is 0 Å². The summed E-state index contributed by atoms with van der Waals surface area (Å²) in [5, 5.41) is 0. The molecular formula is C22H26NP. The van der Waals surface area contributed by atoms with Crippen LogP contribution in [0.25, 0.3) is 22.3 Å². The maximum absolute atomic E-state index is 2.63. The molecule has 3 aromatic rings. The summed E-state index contributed by atoms with van der Waals surface area (Å²) in [6.45, 7) is 9.19. The highest BCUT2D eigenvalue weighted by molar-refractivity contribution is 7.50. The summed E-state index contributed by atoms with van der Waals surface area (Å²) in [6, 6.07) is 22.6. The van der Waals surface area contributed by atoms with Crippen molar-refractivity contribution in [2.24, 2.45) is 0 Å². The van der Waals surface area contributed by atoms with Crippen LogP contribution in [0.15, 0.2) is 72.3 Å². The first-order valence-electron chi connectivity index (χ1n) is 8.69. The Morgan fingerprint density at radius 1 is 0.625 bits per heavy atom. The molecule has 124 valence electrons. The van der Waals surface area contributed by atoms with Gasteiger partial charge in [-0.15, -0.1) is 0 Å². The Morgan fingerprint density at radius 3 is 1.33 bits per heavy atom. The summed E-state index contributed by atoms with van der Waals surface area (Å²) in [7, 11) is -0.404. The largest absolute Gasteiger partial charge is 0.256 e. The molecule has 0 N–H and O–H groups in total. The van der Waals surface area contributed by atoms with Gasteiger partial charge < -0.3 is 0 Å². The maximum atomic E-state index is 2.63. The standard InChI is InChI=1S/C22H26NP/c1-17(2)23(18(3)4)24-15-21(19-11-7-5-8-12-19)22(16-24)20-13-9-6-10-14-20/h5-18H,1-4H3. The van der Waals surface area contributed by atoms with E-state index in [-0.39, 0.29) is 0 Å². The van der Waals surface area contributed by atoms with Gasteiger partial charge >= 0.3 is 0 Å². The monoisotopic (exact) mass is 335 g/mol. The molecule has 0 spiro atoms. The van der Waals surface area contributed by atoms with Crippen molar-refractivity contribution < 1.29 is 0 Å². The summed E-state index contributed by atoms with van der Waals surface area (Å²) in [5.74, 6) is 4.99. The van der Waals surface area contributed by atoms with Crippen LogP contribution < -0.4 is 4.67 Å². The zero-order valence-corrected chi connectivity index (χ0v) is 15.9. The molecule has 0 amide bonds. The van der Waals surface area contributed by atoms with Crippen LogP contribution in [0.4, 0.5) is 0 Å². The van der Waals surface area contributed by atoms with Crippen molar-refractivity contribution in [3.63, 3.8) is 0 Å². The normalized spacial score (nSPS) is 11.6. The van der Waals surface area contributed by atoms with Gasteiger partial charge in [0.15, 0.2) is 0 Å². The van der Waals surface area contributed by atoms with Gasteiger partial charge in [-0.25, -0.2) is 0 Å². The molecular weight excluding hydrogens is 309 g/mol. The fourth-order valence-electron chi connectivity index (χ4n) is 3.40. The molecule has 0 aliphatic carbocycles. The van der Waals surface area contributed by atoms with Crippen LogP contribution in [0.5, 0.6) is 0 Å². The molecule has 0 aliphatic heterocycles. The Bertz CT molecular complexity index is 707. The average Bonchev–Trinajstić information content (AvgIpc) is 3.00. The molecule has 0 unspecified atom stereocenters. The predicted molar refractivity (Wildman–Crippen MR) is 109 cm³/mol. The molecule has 2 aromatic carbocycles. The highest BCUT2D eigenvalue weighted by atomic mass is 31.1. The zero-order chi connectivity index (χ0) is 17.1. The van der Waals surface area contributed by atoms with Gasteiger partial charge in [0.2, 0.25) is 0 Å². The minimum Gasteiger partial charge on any atom is -0.256 e. The summed E-state index contributed by atoms with van der Waals surface area (Å²) >= 11 is 0. The van der Waals surface area contributed by atoms with Gasteiger partial charge in [0.25, 0.3) is 0 Å². The first-order chi connectivity index (χ1) is 11.6. The van der Waals surface area contributed by atoms with Crippen LogP contribution >= 0.6 is 7.68 Å². The zero-order valence-electron chi connectivity index (χ0n) is 15.0. The van der Waals surface area contributed by atoms with Crippen molar-refractivity contribution in [2.75, 3.05) is 4.67 Å². The van der Waals surface area contributed by atoms with Crippen molar-refractivity contribution >= 4 is 7.68 Å². The third kappa shape index (κ3) is 3.48. The molecule has 0 radical (unpaired) electrons. The van der Waals surface area contributed by atoms with E-state index in [1.807, 2.05) is 0 Å². The van der Waals surface area contributed by atoms with Crippen LogP contribution in [0, 0.1) is 0 Å². The fourth-order valence-corrected chi connectivity index (χ4v) is 5.91. The number of hydrogen-bond donors (Lipinski definition) is 0. The molecule has 1 heterocycles. The quantitative estimate of drug-likeness (QED) is 0.498. The SMILES string of the molecule is CC(C)N(C(C)C)p1cc(-c2ccccc2)c(-c2ccccc2)c1. The molecule has 0 saturated heterocycles. The number of benzene rings is 2. The van der Waals surface area contributed by atoms with Gasteiger partial charge in [0, 0.05) is 12.1 Å². The van der Waals surface area contributed by atoms with Gasteiger partial charge in [0.1, 0.15) is 0 Å². The predicted octanol–water partition coefficient (Wildman–Crippen LogP) is 6.76. The Morgan fingerprint density at radius 2 is 1.00 bits per heavy atom. The lowest BCUT2D eigenvalue weighted by atomic mass is 9.99. The van der Waals surface area contributed by atoms with Gasteiger partial charge in [-0.2, -0.15) is 0 Å². The third-order valence-electron chi connectivity index (χ3n) is 4.31. The second kappa shape index (κ2) is 7.38. The van der Waals surface area contributed by atoms with Gasteiger partial charge in [0.05, 0.1) is 0 Å².